The van der Waals surface area contributed by atoms with Crippen molar-refractivity contribution in [3.63, 3.8) is 0 Å². The van der Waals surface area contributed by atoms with Crippen LogP contribution >= 0.6 is 11.3 Å². The summed E-state index contributed by atoms with van der Waals surface area (Å²) in [4.78, 5) is 5.58. The largest absolute Gasteiger partial charge is 0.330 e. The van der Waals surface area contributed by atoms with E-state index in [4.69, 9.17) is 5.73 Å². The molecule has 4 heteroatoms. The highest BCUT2D eigenvalue weighted by atomic mass is 32.1. The predicted molar refractivity (Wildman–Crippen MR) is 66.0 cm³/mol. The number of hydrogen-bond donors (Lipinski definition) is 2. The minimum Gasteiger partial charge on any atom is -0.330 e. The third-order valence-corrected chi connectivity index (χ3v) is 3.76. The Morgan fingerprint density at radius 1 is 1.60 bits per heavy atom. The van der Waals surface area contributed by atoms with Crippen LogP contribution in [0.4, 0.5) is 0 Å². The molecule has 1 heterocycles. The van der Waals surface area contributed by atoms with Crippen LogP contribution in [0.3, 0.4) is 0 Å². The van der Waals surface area contributed by atoms with Crippen LogP contribution in [0.2, 0.25) is 0 Å². The van der Waals surface area contributed by atoms with Crippen LogP contribution in [-0.2, 0) is 6.54 Å². The lowest BCUT2D eigenvalue weighted by atomic mass is 9.88. The van der Waals surface area contributed by atoms with Crippen LogP contribution in [0.25, 0.3) is 0 Å². The maximum atomic E-state index is 5.75. The van der Waals surface area contributed by atoms with Crippen molar-refractivity contribution >= 4 is 11.3 Å². The molecule has 86 valence electrons. The van der Waals surface area contributed by atoms with Gasteiger partial charge < -0.3 is 11.1 Å². The highest BCUT2D eigenvalue weighted by Crippen LogP contribution is 2.18. The van der Waals surface area contributed by atoms with Crippen LogP contribution in [0, 0.1) is 12.3 Å². The normalized spacial score (nSPS) is 15.2. The highest BCUT2D eigenvalue weighted by molar-refractivity contribution is 7.11. The molecule has 1 atom stereocenters. The fraction of sp³-hybridized carbons (Fsp3) is 0.727. The average molecular weight is 227 g/mol. The Balaban J connectivity index is 2.32. The lowest BCUT2D eigenvalue weighted by Crippen LogP contribution is -2.37. The van der Waals surface area contributed by atoms with E-state index in [1.807, 2.05) is 6.20 Å². The molecule has 1 aromatic heterocycles. The van der Waals surface area contributed by atoms with Crippen molar-refractivity contribution in [1.82, 2.24) is 10.3 Å². The summed E-state index contributed by atoms with van der Waals surface area (Å²) in [5.74, 6) is 0. The van der Waals surface area contributed by atoms with Crippen molar-refractivity contribution in [1.29, 1.82) is 0 Å². The number of nitrogens with two attached hydrogens (primary N) is 1. The summed E-state index contributed by atoms with van der Waals surface area (Å²) in [7, 11) is 0. The zero-order valence-electron chi connectivity index (χ0n) is 9.84. The SMILES string of the molecule is CCC(C)(CN)CNCc1ncc(C)s1. The van der Waals surface area contributed by atoms with Crippen molar-refractivity contribution in [2.45, 2.75) is 33.7 Å². The van der Waals surface area contributed by atoms with Crippen LogP contribution in [-0.4, -0.2) is 18.1 Å². The molecule has 1 rings (SSSR count). The van der Waals surface area contributed by atoms with Crippen molar-refractivity contribution in [2.75, 3.05) is 13.1 Å². The number of rotatable bonds is 6. The fourth-order valence-corrected chi connectivity index (χ4v) is 2.05. The van der Waals surface area contributed by atoms with E-state index < -0.39 is 0 Å². The summed E-state index contributed by atoms with van der Waals surface area (Å²) in [5.41, 5.74) is 5.96. The Morgan fingerprint density at radius 2 is 2.33 bits per heavy atom. The molecule has 0 fully saturated rings. The second kappa shape index (κ2) is 5.58. The van der Waals surface area contributed by atoms with Gasteiger partial charge in [-0.25, -0.2) is 4.98 Å². The Labute approximate surface area is 96.1 Å². The fourth-order valence-electron chi connectivity index (χ4n) is 1.30. The molecule has 0 amide bonds. The first kappa shape index (κ1) is 12.6. The number of thiazole rings is 1. The van der Waals surface area contributed by atoms with Gasteiger partial charge in [-0.2, -0.15) is 0 Å². The van der Waals surface area contributed by atoms with E-state index >= 15 is 0 Å². The first-order valence-corrected chi connectivity index (χ1v) is 6.23. The number of aromatic nitrogens is 1. The molecule has 0 saturated carbocycles. The molecule has 1 unspecified atom stereocenters. The monoisotopic (exact) mass is 227 g/mol. The minimum absolute atomic E-state index is 0.215. The molecule has 0 aliphatic heterocycles. The van der Waals surface area contributed by atoms with E-state index in [2.05, 4.69) is 31.1 Å². The van der Waals surface area contributed by atoms with E-state index in [1.165, 1.54) is 4.88 Å². The number of nitrogens with zero attached hydrogens (tertiary/aromatic N) is 1. The Hall–Kier alpha value is -0.450. The van der Waals surface area contributed by atoms with Crippen LogP contribution in [0.1, 0.15) is 30.2 Å². The molecule has 15 heavy (non-hydrogen) atoms. The molecule has 0 bridgehead atoms. The van der Waals surface area contributed by atoms with E-state index in [-0.39, 0.29) is 5.41 Å². The summed E-state index contributed by atoms with van der Waals surface area (Å²) < 4.78 is 0. The second-order valence-corrected chi connectivity index (χ2v) is 5.66. The van der Waals surface area contributed by atoms with Gasteiger partial charge in [0.1, 0.15) is 5.01 Å². The number of nitrogens with one attached hydrogen (secondary N) is 1. The lowest BCUT2D eigenvalue weighted by molar-refractivity contribution is 0.303. The first-order valence-electron chi connectivity index (χ1n) is 5.42. The Kier molecular flexibility index (Phi) is 4.70. The Bertz CT molecular complexity index is 292. The molecule has 3 nitrogen and oxygen atoms in total. The highest BCUT2D eigenvalue weighted by Gasteiger charge is 2.19. The molecule has 1 aromatic rings. The minimum atomic E-state index is 0.215. The van der Waals surface area contributed by atoms with Crippen LogP contribution in [0.15, 0.2) is 6.20 Å². The molecule has 0 radical (unpaired) electrons. The van der Waals surface area contributed by atoms with Gasteiger partial charge in [0, 0.05) is 24.2 Å². The summed E-state index contributed by atoms with van der Waals surface area (Å²) in [6, 6.07) is 0. The lowest BCUT2D eigenvalue weighted by Gasteiger charge is -2.26. The van der Waals surface area contributed by atoms with Crippen LogP contribution < -0.4 is 11.1 Å². The van der Waals surface area contributed by atoms with Gasteiger partial charge in [0.15, 0.2) is 0 Å². The van der Waals surface area contributed by atoms with E-state index in [0.717, 1.165) is 31.1 Å². The summed E-state index contributed by atoms with van der Waals surface area (Å²) in [6.07, 6.45) is 3.02. The quantitative estimate of drug-likeness (QED) is 0.780. The molecule has 3 N–H and O–H groups in total. The molecular formula is C11H21N3S. The molecular weight excluding hydrogens is 206 g/mol. The summed E-state index contributed by atoms with van der Waals surface area (Å²) in [6.45, 7) is 9.02. The zero-order chi connectivity index (χ0) is 11.3. The number of aryl methyl sites for hydroxylation is 1. The summed E-state index contributed by atoms with van der Waals surface area (Å²) >= 11 is 1.75. The predicted octanol–water partition coefficient (Wildman–Crippen LogP) is 1.92. The van der Waals surface area contributed by atoms with Gasteiger partial charge in [-0.15, -0.1) is 11.3 Å². The smallest absolute Gasteiger partial charge is 0.107 e. The van der Waals surface area contributed by atoms with E-state index in [0.29, 0.717) is 0 Å². The zero-order valence-corrected chi connectivity index (χ0v) is 10.7. The maximum absolute atomic E-state index is 5.75. The van der Waals surface area contributed by atoms with Crippen molar-refractivity contribution in [3.8, 4) is 0 Å². The van der Waals surface area contributed by atoms with Gasteiger partial charge >= 0.3 is 0 Å². The van der Waals surface area contributed by atoms with Crippen LogP contribution in [0.5, 0.6) is 0 Å². The topological polar surface area (TPSA) is 50.9 Å². The van der Waals surface area contributed by atoms with Crippen molar-refractivity contribution < 1.29 is 0 Å². The average Bonchev–Trinajstić information content (AvgIpc) is 2.64. The second-order valence-electron chi connectivity index (χ2n) is 4.34. The van der Waals surface area contributed by atoms with Gasteiger partial charge in [-0.1, -0.05) is 13.8 Å². The van der Waals surface area contributed by atoms with E-state index in [1.54, 1.807) is 11.3 Å². The third-order valence-electron chi connectivity index (χ3n) is 2.84. The van der Waals surface area contributed by atoms with E-state index in [9.17, 15) is 0 Å². The van der Waals surface area contributed by atoms with Gasteiger partial charge in [0.05, 0.1) is 0 Å². The first-order chi connectivity index (χ1) is 7.09. The summed E-state index contributed by atoms with van der Waals surface area (Å²) in [5, 5.41) is 4.58. The van der Waals surface area contributed by atoms with Crippen molar-refractivity contribution in [2.24, 2.45) is 11.1 Å². The molecule has 0 aromatic carbocycles. The Morgan fingerprint density at radius 3 is 2.80 bits per heavy atom. The van der Waals surface area contributed by atoms with Gasteiger partial charge in [0.25, 0.3) is 0 Å². The molecule has 0 saturated heterocycles. The molecule has 0 aliphatic carbocycles. The third kappa shape index (κ3) is 3.89. The number of hydrogen-bond acceptors (Lipinski definition) is 4. The molecule has 0 aliphatic rings. The molecule has 0 spiro atoms. The van der Waals surface area contributed by atoms with Gasteiger partial charge in [-0.3, -0.25) is 0 Å². The van der Waals surface area contributed by atoms with Gasteiger partial charge in [0.2, 0.25) is 0 Å². The van der Waals surface area contributed by atoms with Gasteiger partial charge in [-0.05, 0) is 25.3 Å². The maximum Gasteiger partial charge on any atom is 0.107 e. The standard InChI is InChI=1S/C11H21N3S/c1-4-11(3,7-12)8-13-6-10-14-5-9(2)15-10/h5,13H,4,6-8,12H2,1-3H3. The van der Waals surface area contributed by atoms with Crippen molar-refractivity contribution in [3.05, 3.63) is 16.1 Å².